The molecule has 1 amide bonds. The maximum atomic E-state index is 11.3. The van der Waals surface area contributed by atoms with Crippen LogP contribution in [0.2, 0.25) is 0 Å². The van der Waals surface area contributed by atoms with Crippen molar-refractivity contribution >= 4 is 11.8 Å². The first-order chi connectivity index (χ1) is 7.09. The van der Waals surface area contributed by atoms with Gasteiger partial charge < -0.3 is 4.74 Å². The van der Waals surface area contributed by atoms with Crippen LogP contribution in [0, 0.1) is 0 Å². The molecule has 1 N–H and O–H groups in total. The lowest BCUT2D eigenvalue weighted by Gasteiger charge is -2.11. The first-order valence-corrected chi connectivity index (χ1v) is 4.54. The molecule has 3 nitrogen and oxygen atoms in total. The molecule has 3 heteroatoms. The van der Waals surface area contributed by atoms with Gasteiger partial charge in [0.1, 0.15) is 6.10 Å². The number of para-hydroxylation sites is 1. The molecule has 0 heterocycles. The highest BCUT2D eigenvalue weighted by atomic mass is 16.6. The van der Waals surface area contributed by atoms with E-state index in [0.29, 0.717) is 5.69 Å². The topological polar surface area (TPSA) is 38.3 Å². The van der Waals surface area contributed by atoms with Crippen LogP contribution >= 0.6 is 0 Å². The molecule has 0 spiro atoms. The molecular weight excluding hydrogens is 178 g/mol. The van der Waals surface area contributed by atoms with Crippen molar-refractivity contribution in [2.24, 2.45) is 0 Å². The van der Waals surface area contributed by atoms with Crippen LogP contribution in [0.5, 0.6) is 0 Å². The Labute approximate surface area is 85.5 Å². The van der Waals surface area contributed by atoms with Crippen molar-refractivity contribution in [2.45, 2.75) is 26.3 Å². The molecular formula is C11H15NO2. The number of amides is 1. The molecule has 0 aliphatic carbocycles. The van der Waals surface area contributed by atoms with Gasteiger partial charge in [0.25, 0.3) is 0 Å². The number of ether oxygens (including phenoxy) is 1. The molecule has 0 bridgehead atoms. The Morgan fingerprint density at radius 3 is 2.79 bits per heavy atom. The van der Waals surface area contributed by atoms with Crippen LogP contribution in [-0.2, 0) is 4.74 Å². The summed E-state index contributed by atoms with van der Waals surface area (Å²) in [5.74, 6) is 0. The number of hydrogen-bond acceptors (Lipinski definition) is 2. The minimum Gasteiger partial charge on any atom is -0.446 e. The zero-order chi connectivity index (χ0) is 11.3. The fourth-order valence-electron chi connectivity index (χ4n) is 0.906. The van der Waals surface area contributed by atoms with E-state index in [0.717, 1.165) is 0 Å². The monoisotopic (exact) mass is 194 g/mol. The maximum absolute atomic E-state index is 11.3. The zero-order valence-electron chi connectivity index (χ0n) is 9.36. The molecule has 0 aliphatic heterocycles. The first kappa shape index (κ1) is 9.06. The highest BCUT2D eigenvalue weighted by molar-refractivity contribution is 5.84. The maximum Gasteiger partial charge on any atom is 0.411 e. The minimum absolute atomic E-state index is 0.409. The molecule has 0 aliphatic rings. The smallest absolute Gasteiger partial charge is 0.411 e. The van der Waals surface area contributed by atoms with Crippen LogP contribution in [0.1, 0.15) is 21.6 Å². The summed E-state index contributed by atoms with van der Waals surface area (Å²) in [7, 11) is 0. The van der Waals surface area contributed by atoms with Gasteiger partial charge in [-0.1, -0.05) is 25.1 Å². The number of hydrogen-bond donors (Lipinski definition) is 1. The van der Waals surface area contributed by atoms with E-state index < -0.39 is 18.6 Å². The van der Waals surface area contributed by atoms with Gasteiger partial charge in [-0.3, -0.25) is 5.32 Å². The summed E-state index contributed by atoms with van der Waals surface area (Å²) in [6, 6.07) is 9.06. The quantitative estimate of drug-likeness (QED) is 0.803. The third-order valence-electron chi connectivity index (χ3n) is 1.78. The summed E-state index contributed by atoms with van der Waals surface area (Å²) in [5.41, 5.74) is 0.687. The van der Waals surface area contributed by atoms with E-state index in [1.807, 2.05) is 18.2 Å². The molecule has 1 aromatic rings. The molecule has 0 saturated carbocycles. The Morgan fingerprint density at radius 1 is 1.57 bits per heavy atom. The van der Waals surface area contributed by atoms with Gasteiger partial charge in [-0.2, -0.15) is 0 Å². The summed E-state index contributed by atoms with van der Waals surface area (Å²) in [6.07, 6.45) is -1.35. The van der Waals surface area contributed by atoms with Gasteiger partial charge in [-0.05, 0) is 25.5 Å². The summed E-state index contributed by atoms with van der Waals surface area (Å²) in [4.78, 5) is 11.3. The predicted molar refractivity (Wildman–Crippen MR) is 56.3 cm³/mol. The lowest BCUT2D eigenvalue weighted by molar-refractivity contribution is 0.118. The Bertz CT molecular complexity index is 314. The number of carbonyl (C=O) groups excluding carboxylic acids is 1. The van der Waals surface area contributed by atoms with Crippen molar-refractivity contribution in [1.29, 1.82) is 0 Å². The van der Waals surface area contributed by atoms with Gasteiger partial charge in [0, 0.05) is 7.06 Å². The SMILES string of the molecule is [2H][C@@H](C)[C@H](C)OC(=O)Nc1ccccc1. The van der Waals surface area contributed by atoms with Crippen molar-refractivity contribution < 1.29 is 10.9 Å². The van der Waals surface area contributed by atoms with Gasteiger partial charge in [-0.15, -0.1) is 0 Å². The second kappa shape index (κ2) is 5.27. The van der Waals surface area contributed by atoms with E-state index in [-0.39, 0.29) is 0 Å². The van der Waals surface area contributed by atoms with Crippen molar-refractivity contribution in [1.82, 2.24) is 0 Å². The first-order valence-electron chi connectivity index (χ1n) is 5.12. The highest BCUT2D eigenvalue weighted by Crippen LogP contribution is 2.06. The van der Waals surface area contributed by atoms with Crippen LogP contribution in [-0.4, -0.2) is 12.2 Å². The molecule has 1 rings (SSSR count). The second-order valence-corrected chi connectivity index (χ2v) is 2.93. The van der Waals surface area contributed by atoms with Gasteiger partial charge in [-0.25, -0.2) is 4.79 Å². The molecule has 76 valence electrons. The summed E-state index contributed by atoms with van der Waals surface area (Å²) < 4.78 is 12.3. The summed E-state index contributed by atoms with van der Waals surface area (Å²) in [6.45, 7) is 3.38. The van der Waals surface area contributed by atoms with E-state index >= 15 is 0 Å². The molecule has 1 aromatic carbocycles. The molecule has 0 fully saturated rings. The van der Waals surface area contributed by atoms with E-state index in [1.165, 1.54) is 0 Å². The predicted octanol–water partition coefficient (Wildman–Crippen LogP) is 3.03. The van der Waals surface area contributed by atoms with Crippen LogP contribution in [0.4, 0.5) is 10.5 Å². The average molecular weight is 194 g/mol. The molecule has 2 atom stereocenters. The lowest BCUT2D eigenvalue weighted by atomic mass is 10.3. The Morgan fingerprint density at radius 2 is 2.21 bits per heavy atom. The van der Waals surface area contributed by atoms with Gasteiger partial charge in [0.05, 0.1) is 0 Å². The molecule has 0 radical (unpaired) electrons. The van der Waals surface area contributed by atoms with Crippen molar-refractivity contribution in [3.8, 4) is 0 Å². The number of anilines is 1. The molecule has 0 unspecified atom stereocenters. The Hall–Kier alpha value is -1.51. The number of nitrogens with one attached hydrogen (secondary N) is 1. The summed E-state index contributed by atoms with van der Waals surface area (Å²) >= 11 is 0. The Balaban J connectivity index is 2.43. The number of benzene rings is 1. The van der Waals surface area contributed by atoms with Gasteiger partial charge in [0.2, 0.25) is 0 Å². The van der Waals surface area contributed by atoms with Crippen molar-refractivity contribution in [2.75, 3.05) is 5.32 Å². The lowest BCUT2D eigenvalue weighted by Crippen LogP contribution is -2.19. The van der Waals surface area contributed by atoms with Crippen molar-refractivity contribution in [3.05, 3.63) is 30.3 Å². The molecule has 14 heavy (non-hydrogen) atoms. The fraction of sp³-hybridized carbons (Fsp3) is 0.364. The van der Waals surface area contributed by atoms with Gasteiger partial charge >= 0.3 is 6.09 Å². The molecule has 0 saturated heterocycles. The number of rotatable bonds is 3. The van der Waals surface area contributed by atoms with Gasteiger partial charge in [0.15, 0.2) is 0 Å². The molecule has 0 aromatic heterocycles. The van der Waals surface area contributed by atoms with Crippen molar-refractivity contribution in [3.63, 3.8) is 0 Å². The normalized spacial score (nSPS) is 15.1. The Kier molecular flexibility index (Phi) is 3.41. The second-order valence-electron chi connectivity index (χ2n) is 2.93. The van der Waals surface area contributed by atoms with Crippen LogP contribution in [0.3, 0.4) is 0 Å². The summed E-state index contributed by atoms with van der Waals surface area (Å²) in [5, 5.41) is 2.58. The van der Waals surface area contributed by atoms with Crippen LogP contribution in [0.25, 0.3) is 0 Å². The largest absolute Gasteiger partial charge is 0.446 e. The minimum atomic E-state index is -0.521. The average Bonchev–Trinajstić information content (AvgIpc) is 2.18. The standard InChI is InChI=1S/C11H15NO2/c1-3-9(2)14-11(13)12-10-7-5-4-6-8-10/h4-9H,3H2,1-2H3,(H,12,13)/t9-/m0/s1/i3D/t3-,9-. The highest BCUT2D eigenvalue weighted by Gasteiger charge is 2.06. The van der Waals surface area contributed by atoms with Crippen LogP contribution < -0.4 is 5.32 Å². The fourth-order valence-corrected chi connectivity index (χ4v) is 0.906. The van der Waals surface area contributed by atoms with E-state index in [2.05, 4.69) is 5.32 Å². The van der Waals surface area contributed by atoms with E-state index in [4.69, 9.17) is 6.11 Å². The van der Waals surface area contributed by atoms with Crippen LogP contribution in [0.15, 0.2) is 30.3 Å². The number of carbonyl (C=O) groups is 1. The third kappa shape index (κ3) is 3.47. The third-order valence-corrected chi connectivity index (χ3v) is 1.78. The zero-order valence-corrected chi connectivity index (χ0v) is 8.36. The van der Waals surface area contributed by atoms with E-state index in [1.54, 1.807) is 26.0 Å². The van der Waals surface area contributed by atoms with E-state index in [9.17, 15) is 4.79 Å².